The molecular weight excluding hydrogens is 336 g/mol. The summed E-state index contributed by atoms with van der Waals surface area (Å²) in [5.74, 6) is 0.366. The molecular formula is C18H16N4O2S. The molecule has 3 aromatic rings. The fourth-order valence-corrected chi connectivity index (χ4v) is 3.93. The van der Waals surface area contributed by atoms with Gasteiger partial charge in [0, 0.05) is 14.1 Å². The number of aromatic nitrogens is 2. The first kappa shape index (κ1) is 16.9. The first-order valence-electron chi connectivity index (χ1n) is 7.57. The van der Waals surface area contributed by atoms with Crippen molar-refractivity contribution in [2.75, 3.05) is 19.0 Å². The Balaban J connectivity index is 2.25. The van der Waals surface area contributed by atoms with Crippen LogP contribution in [0.3, 0.4) is 0 Å². The lowest BCUT2D eigenvalue weighted by atomic mass is 10.2. The average Bonchev–Trinajstić information content (AvgIpc) is 2.62. The molecule has 0 aliphatic carbocycles. The Morgan fingerprint density at radius 1 is 0.960 bits per heavy atom. The fourth-order valence-electron chi connectivity index (χ4n) is 2.53. The normalized spacial score (nSPS) is 12.5. The molecule has 0 amide bonds. The lowest BCUT2D eigenvalue weighted by molar-refractivity contribution is 0.590. The highest BCUT2D eigenvalue weighted by molar-refractivity contribution is 7.92. The maximum atomic E-state index is 13.0. The van der Waals surface area contributed by atoms with Crippen LogP contribution in [0.15, 0.2) is 59.5 Å². The molecule has 0 saturated heterocycles. The Hall–Kier alpha value is -2.98. The van der Waals surface area contributed by atoms with Gasteiger partial charge in [0.05, 0.1) is 22.0 Å². The first-order chi connectivity index (χ1) is 11.9. The lowest BCUT2D eigenvalue weighted by Gasteiger charge is -2.19. The summed E-state index contributed by atoms with van der Waals surface area (Å²) in [6.45, 7) is 0. The lowest BCUT2D eigenvalue weighted by Crippen LogP contribution is -2.20. The molecule has 3 rings (SSSR count). The van der Waals surface area contributed by atoms with Gasteiger partial charge < -0.3 is 4.90 Å². The number of hydrogen-bond acceptors (Lipinski definition) is 6. The van der Waals surface area contributed by atoms with Crippen LogP contribution >= 0.6 is 0 Å². The summed E-state index contributed by atoms with van der Waals surface area (Å²) in [5, 5.41) is 8.20. The van der Waals surface area contributed by atoms with Crippen molar-refractivity contribution in [3.05, 3.63) is 60.3 Å². The zero-order chi connectivity index (χ0) is 18.0. The number of anilines is 1. The van der Waals surface area contributed by atoms with Crippen molar-refractivity contribution in [1.82, 2.24) is 9.97 Å². The van der Waals surface area contributed by atoms with Crippen LogP contribution in [0.1, 0.15) is 10.9 Å². The second kappa shape index (κ2) is 6.49. The topological polar surface area (TPSA) is 86.9 Å². The van der Waals surface area contributed by atoms with E-state index >= 15 is 0 Å². The molecule has 1 unspecified atom stereocenters. The fraction of sp³-hybridized carbons (Fsp3) is 0.167. The van der Waals surface area contributed by atoms with Gasteiger partial charge in [-0.2, -0.15) is 5.26 Å². The maximum absolute atomic E-state index is 13.0. The third-order valence-corrected chi connectivity index (χ3v) is 5.63. The summed E-state index contributed by atoms with van der Waals surface area (Å²) >= 11 is 0. The van der Waals surface area contributed by atoms with E-state index in [9.17, 15) is 13.7 Å². The molecule has 25 heavy (non-hydrogen) atoms. The number of rotatable bonds is 4. The van der Waals surface area contributed by atoms with Crippen molar-refractivity contribution in [1.29, 1.82) is 5.26 Å². The van der Waals surface area contributed by atoms with Crippen molar-refractivity contribution in [3.8, 4) is 6.07 Å². The summed E-state index contributed by atoms with van der Waals surface area (Å²) in [6, 6.07) is 17.0. The summed E-state index contributed by atoms with van der Waals surface area (Å²) in [6.07, 6.45) is 0. The highest BCUT2D eigenvalue weighted by Gasteiger charge is 2.33. The molecule has 0 fully saturated rings. The first-order valence-corrected chi connectivity index (χ1v) is 9.12. The highest BCUT2D eigenvalue weighted by atomic mass is 32.2. The molecule has 0 spiro atoms. The van der Waals surface area contributed by atoms with E-state index < -0.39 is 15.1 Å². The molecule has 7 heteroatoms. The Morgan fingerprint density at radius 3 is 2.08 bits per heavy atom. The third kappa shape index (κ3) is 3.04. The smallest absolute Gasteiger partial charge is 0.200 e. The minimum Gasteiger partial charge on any atom is -0.361 e. The van der Waals surface area contributed by atoms with E-state index in [1.165, 1.54) is 12.1 Å². The minimum atomic E-state index is -3.92. The minimum absolute atomic E-state index is 0.0845. The quantitative estimate of drug-likeness (QED) is 0.717. The standard InChI is InChI=1S/C18H16N4O2S/c1-22(2)18-17(20-14-10-6-7-11-15(14)21-18)16(12-19)25(23,24)13-8-4-3-5-9-13/h3-11,16H,1-2H3. The molecule has 126 valence electrons. The van der Waals surface area contributed by atoms with E-state index in [-0.39, 0.29) is 10.6 Å². The third-order valence-electron chi connectivity index (χ3n) is 3.75. The van der Waals surface area contributed by atoms with Crippen molar-refractivity contribution in [2.24, 2.45) is 0 Å². The molecule has 0 N–H and O–H groups in total. The number of benzene rings is 2. The van der Waals surface area contributed by atoms with E-state index in [1.807, 2.05) is 12.1 Å². The van der Waals surface area contributed by atoms with Crippen molar-refractivity contribution >= 4 is 26.7 Å². The second-order valence-electron chi connectivity index (χ2n) is 5.68. The number of hydrogen-bond donors (Lipinski definition) is 0. The van der Waals surface area contributed by atoms with Gasteiger partial charge in [-0.1, -0.05) is 30.3 Å². The summed E-state index contributed by atoms with van der Waals surface area (Å²) < 4.78 is 25.9. The van der Waals surface area contributed by atoms with Crippen molar-refractivity contribution < 1.29 is 8.42 Å². The van der Waals surface area contributed by atoms with Crippen LogP contribution in [-0.2, 0) is 9.84 Å². The van der Waals surface area contributed by atoms with Gasteiger partial charge in [0.1, 0.15) is 5.69 Å². The molecule has 0 aliphatic heterocycles. The number of nitrogens with zero attached hydrogens (tertiary/aromatic N) is 4. The zero-order valence-corrected chi connectivity index (χ0v) is 14.6. The van der Waals surface area contributed by atoms with Crippen LogP contribution in [0.2, 0.25) is 0 Å². The van der Waals surface area contributed by atoms with Crippen molar-refractivity contribution in [2.45, 2.75) is 10.1 Å². The largest absolute Gasteiger partial charge is 0.361 e. The molecule has 1 aromatic heterocycles. The van der Waals surface area contributed by atoms with Gasteiger partial charge in [0.15, 0.2) is 11.1 Å². The van der Waals surface area contributed by atoms with Gasteiger partial charge in [0.2, 0.25) is 9.84 Å². The Morgan fingerprint density at radius 2 is 1.52 bits per heavy atom. The monoisotopic (exact) mass is 352 g/mol. The van der Waals surface area contributed by atoms with Crippen LogP contribution in [0.4, 0.5) is 5.82 Å². The Labute approximate surface area is 146 Å². The van der Waals surface area contributed by atoms with Gasteiger partial charge in [-0.05, 0) is 24.3 Å². The molecule has 6 nitrogen and oxygen atoms in total. The summed E-state index contributed by atoms with van der Waals surface area (Å²) in [4.78, 5) is 10.7. The van der Waals surface area contributed by atoms with Gasteiger partial charge in [-0.3, -0.25) is 0 Å². The summed E-state index contributed by atoms with van der Waals surface area (Å²) in [5.41, 5.74) is 1.32. The molecule has 0 aliphatic rings. The average molecular weight is 352 g/mol. The molecule has 0 bridgehead atoms. The van der Waals surface area contributed by atoms with Gasteiger partial charge >= 0.3 is 0 Å². The Kier molecular flexibility index (Phi) is 4.38. The van der Waals surface area contributed by atoms with E-state index in [1.54, 1.807) is 55.4 Å². The highest BCUT2D eigenvalue weighted by Crippen LogP contribution is 2.33. The molecule has 2 aromatic carbocycles. The predicted molar refractivity (Wildman–Crippen MR) is 95.8 cm³/mol. The molecule has 1 heterocycles. The predicted octanol–water partition coefficient (Wildman–Crippen LogP) is 2.73. The van der Waals surface area contributed by atoms with Crippen LogP contribution in [-0.4, -0.2) is 32.5 Å². The van der Waals surface area contributed by atoms with E-state index in [2.05, 4.69) is 9.97 Å². The van der Waals surface area contributed by atoms with E-state index in [0.29, 0.717) is 16.9 Å². The van der Waals surface area contributed by atoms with E-state index in [4.69, 9.17) is 0 Å². The molecule has 0 radical (unpaired) electrons. The summed E-state index contributed by atoms with van der Waals surface area (Å²) in [7, 11) is -0.435. The van der Waals surface area contributed by atoms with Gasteiger partial charge in [-0.15, -0.1) is 0 Å². The van der Waals surface area contributed by atoms with Crippen LogP contribution in [0.5, 0.6) is 0 Å². The second-order valence-corrected chi connectivity index (χ2v) is 7.72. The number of nitriles is 1. The van der Waals surface area contributed by atoms with Crippen LogP contribution in [0, 0.1) is 11.3 Å². The van der Waals surface area contributed by atoms with Crippen molar-refractivity contribution in [3.63, 3.8) is 0 Å². The Bertz CT molecular complexity index is 1060. The van der Waals surface area contributed by atoms with Crippen LogP contribution in [0.25, 0.3) is 11.0 Å². The van der Waals surface area contributed by atoms with E-state index in [0.717, 1.165) is 0 Å². The van der Waals surface area contributed by atoms with Gasteiger partial charge in [0.25, 0.3) is 0 Å². The van der Waals surface area contributed by atoms with Gasteiger partial charge in [-0.25, -0.2) is 18.4 Å². The van der Waals surface area contributed by atoms with Crippen LogP contribution < -0.4 is 4.90 Å². The maximum Gasteiger partial charge on any atom is 0.200 e. The molecule has 0 saturated carbocycles. The SMILES string of the molecule is CN(C)c1nc2ccccc2nc1C(C#N)S(=O)(=O)c1ccccc1. The number of sulfone groups is 1. The molecule has 1 atom stereocenters. The zero-order valence-electron chi connectivity index (χ0n) is 13.8. The number of para-hydroxylation sites is 2. The number of fused-ring (bicyclic) bond motifs is 1.